The average molecular weight is 376 g/mol. The lowest BCUT2D eigenvalue weighted by atomic mass is 9.92. The number of isothiocyanates is 1. The first-order valence-corrected chi connectivity index (χ1v) is 8.34. The first-order valence-electron chi connectivity index (χ1n) is 7.94. The molecule has 0 spiro atoms. The van der Waals surface area contributed by atoms with Gasteiger partial charge in [-0.15, -0.1) is 0 Å². The number of hydrogen-bond acceptors (Lipinski definition) is 4. The van der Waals surface area contributed by atoms with E-state index in [0.717, 1.165) is 11.6 Å². The maximum Gasteiger partial charge on any atom is 0.417 e. The molecular formula is C19H15F3N2OS. The van der Waals surface area contributed by atoms with Crippen LogP contribution in [-0.4, -0.2) is 17.8 Å². The van der Waals surface area contributed by atoms with Crippen LogP contribution < -0.4 is 5.48 Å². The number of hydrogen-bond donors (Lipinski definition) is 1. The molecule has 1 heterocycles. The molecule has 1 aliphatic rings. The van der Waals surface area contributed by atoms with Crippen molar-refractivity contribution in [1.82, 2.24) is 5.48 Å². The van der Waals surface area contributed by atoms with E-state index in [1.54, 1.807) is 6.07 Å². The molecule has 1 aliphatic heterocycles. The number of halogens is 3. The normalized spacial score (nSPS) is 17.0. The van der Waals surface area contributed by atoms with Gasteiger partial charge in [0.1, 0.15) is 6.10 Å². The summed E-state index contributed by atoms with van der Waals surface area (Å²) in [6.07, 6.45) is -4.44. The molecule has 3 rings (SSSR count). The van der Waals surface area contributed by atoms with Crippen LogP contribution in [0.4, 0.5) is 13.2 Å². The number of benzene rings is 2. The third-order valence-electron chi connectivity index (χ3n) is 4.05. The molecule has 7 heteroatoms. The molecule has 26 heavy (non-hydrogen) atoms. The van der Waals surface area contributed by atoms with Gasteiger partial charge in [-0.25, -0.2) is 4.99 Å². The second kappa shape index (κ2) is 7.83. The van der Waals surface area contributed by atoms with Gasteiger partial charge in [0.15, 0.2) is 0 Å². The molecule has 0 bridgehead atoms. The fourth-order valence-corrected chi connectivity index (χ4v) is 3.02. The van der Waals surface area contributed by atoms with Crippen molar-refractivity contribution in [2.75, 3.05) is 6.54 Å². The van der Waals surface area contributed by atoms with Gasteiger partial charge in [-0.3, -0.25) is 10.3 Å². The van der Waals surface area contributed by atoms with Crippen LogP contribution in [0, 0.1) is 0 Å². The van der Waals surface area contributed by atoms with Gasteiger partial charge in [-0.2, -0.15) is 13.2 Å². The van der Waals surface area contributed by atoms with Gasteiger partial charge in [0.2, 0.25) is 0 Å². The van der Waals surface area contributed by atoms with Crippen LogP contribution in [0.1, 0.15) is 23.1 Å². The molecule has 1 unspecified atom stereocenters. The SMILES string of the molecule is FC(F)(F)c1ccccc1C1=C(c2ccccc2)C(CCN=C=S)ON1. The van der Waals surface area contributed by atoms with Crippen molar-refractivity contribution in [3.05, 3.63) is 71.3 Å². The van der Waals surface area contributed by atoms with Crippen LogP contribution >= 0.6 is 12.2 Å². The van der Waals surface area contributed by atoms with Gasteiger partial charge < -0.3 is 0 Å². The predicted octanol–water partition coefficient (Wildman–Crippen LogP) is 4.97. The molecule has 1 N–H and O–H groups in total. The highest BCUT2D eigenvalue weighted by atomic mass is 32.1. The van der Waals surface area contributed by atoms with Crippen molar-refractivity contribution in [3.8, 4) is 0 Å². The van der Waals surface area contributed by atoms with E-state index >= 15 is 0 Å². The first-order chi connectivity index (χ1) is 12.5. The number of nitrogens with one attached hydrogen (secondary N) is 1. The fraction of sp³-hybridized carbons (Fsp3) is 0.211. The first kappa shape index (κ1) is 18.3. The summed E-state index contributed by atoms with van der Waals surface area (Å²) >= 11 is 4.56. The van der Waals surface area contributed by atoms with E-state index in [4.69, 9.17) is 4.84 Å². The Kier molecular flexibility index (Phi) is 5.52. The molecule has 134 valence electrons. The lowest BCUT2D eigenvalue weighted by Gasteiger charge is -2.15. The quantitative estimate of drug-likeness (QED) is 0.591. The highest BCUT2D eigenvalue weighted by Gasteiger charge is 2.37. The summed E-state index contributed by atoms with van der Waals surface area (Å²) in [4.78, 5) is 9.46. The average Bonchev–Trinajstić information content (AvgIpc) is 3.06. The Hall–Kier alpha value is -2.47. The van der Waals surface area contributed by atoms with Gasteiger partial charge in [0, 0.05) is 17.6 Å². The molecule has 0 fully saturated rings. The summed E-state index contributed by atoms with van der Waals surface area (Å²) in [6.45, 7) is 0.375. The van der Waals surface area contributed by atoms with E-state index in [1.807, 2.05) is 30.3 Å². The van der Waals surface area contributed by atoms with E-state index in [2.05, 4.69) is 27.9 Å². The smallest absolute Gasteiger partial charge is 0.268 e. The molecule has 1 atom stereocenters. The van der Waals surface area contributed by atoms with Crippen LogP contribution in [-0.2, 0) is 11.0 Å². The Balaban J connectivity index is 2.13. The van der Waals surface area contributed by atoms with Gasteiger partial charge in [0.25, 0.3) is 0 Å². The summed E-state index contributed by atoms with van der Waals surface area (Å²) in [5, 5.41) is 2.29. The number of hydroxylamine groups is 1. The monoisotopic (exact) mass is 376 g/mol. The second-order valence-corrected chi connectivity index (χ2v) is 5.85. The van der Waals surface area contributed by atoms with Crippen molar-refractivity contribution in [2.24, 2.45) is 4.99 Å². The maximum absolute atomic E-state index is 13.5. The van der Waals surface area contributed by atoms with Crippen LogP contribution in [0.3, 0.4) is 0 Å². The maximum atomic E-state index is 13.5. The Bertz CT molecular complexity index is 859. The number of aliphatic imine (C=N–C) groups is 1. The van der Waals surface area contributed by atoms with Crippen LogP contribution in [0.5, 0.6) is 0 Å². The largest absolute Gasteiger partial charge is 0.417 e. The van der Waals surface area contributed by atoms with Crippen LogP contribution in [0.2, 0.25) is 0 Å². The van der Waals surface area contributed by atoms with Crippen LogP contribution in [0.15, 0.2) is 59.6 Å². The summed E-state index contributed by atoms with van der Waals surface area (Å²) in [5.74, 6) is 0. The lowest BCUT2D eigenvalue weighted by Crippen LogP contribution is -2.15. The third kappa shape index (κ3) is 3.85. The zero-order valence-electron chi connectivity index (χ0n) is 13.6. The zero-order valence-corrected chi connectivity index (χ0v) is 14.4. The summed E-state index contributed by atoms with van der Waals surface area (Å²) in [6, 6.07) is 14.7. The van der Waals surface area contributed by atoms with E-state index in [9.17, 15) is 13.2 Å². The van der Waals surface area contributed by atoms with Crippen molar-refractivity contribution >= 4 is 28.6 Å². The predicted molar refractivity (Wildman–Crippen MR) is 97.2 cm³/mol. The summed E-state index contributed by atoms with van der Waals surface area (Å²) in [5.41, 5.74) is 3.83. The molecular weight excluding hydrogens is 361 g/mol. The van der Waals surface area contributed by atoms with Crippen molar-refractivity contribution in [2.45, 2.75) is 18.7 Å². The molecule has 0 saturated heterocycles. The third-order valence-corrected chi connectivity index (χ3v) is 4.18. The van der Waals surface area contributed by atoms with Gasteiger partial charge in [0.05, 0.1) is 23.0 Å². The van der Waals surface area contributed by atoms with Crippen LogP contribution in [0.25, 0.3) is 11.3 Å². The van der Waals surface area contributed by atoms with E-state index < -0.39 is 17.8 Å². The lowest BCUT2D eigenvalue weighted by molar-refractivity contribution is -0.137. The molecule has 0 radical (unpaired) electrons. The minimum absolute atomic E-state index is 0.0553. The van der Waals surface area contributed by atoms with E-state index in [-0.39, 0.29) is 5.56 Å². The summed E-state index contributed by atoms with van der Waals surface area (Å²) in [7, 11) is 0. The van der Waals surface area contributed by atoms with E-state index in [0.29, 0.717) is 24.2 Å². The Morgan fingerprint density at radius 3 is 2.46 bits per heavy atom. The molecule has 2 aromatic rings. The minimum atomic E-state index is -4.47. The van der Waals surface area contributed by atoms with Crippen molar-refractivity contribution < 1.29 is 18.0 Å². The second-order valence-electron chi connectivity index (χ2n) is 5.67. The topological polar surface area (TPSA) is 33.6 Å². The molecule has 2 aromatic carbocycles. The Morgan fingerprint density at radius 2 is 1.77 bits per heavy atom. The Morgan fingerprint density at radius 1 is 1.08 bits per heavy atom. The zero-order chi connectivity index (χ0) is 18.6. The molecule has 0 aliphatic carbocycles. The molecule has 0 aromatic heterocycles. The standard InChI is InChI=1S/C19H15F3N2OS/c20-19(21,22)15-9-5-4-8-14(15)18-17(13-6-2-1-3-7-13)16(25-24-18)10-11-23-12-26/h1-9,16,24H,10-11H2. The van der Waals surface area contributed by atoms with Crippen molar-refractivity contribution in [1.29, 1.82) is 0 Å². The van der Waals surface area contributed by atoms with E-state index in [1.165, 1.54) is 12.1 Å². The Labute approximate surface area is 154 Å². The molecule has 0 amide bonds. The number of alkyl halides is 3. The fourth-order valence-electron chi connectivity index (χ4n) is 2.93. The number of nitrogens with zero attached hydrogens (tertiary/aromatic N) is 1. The molecule has 3 nitrogen and oxygen atoms in total. The van der Waals surface area contributed by atoms with Crippen molar-refractivity contribution in [3.63, 3.8) is 0 Å². The number of thiocarbonyl (C=S) groups is 1. The molecule has 0 saturated carbocycles. The van der Waals surface area contributed by atoms with Gasteiger partial charge >= 0.3 is 6.18 Å². The minimum Gasteiger partial charge on any atom is -0.268 e. The number of rotatable bonds is 5. The van der Waals surface area contributed by atoms with Gasteiger partial charge in [-0.05, 0) is 23.8 Å². The highest BCUT2D eigenvalue weighted by Crippen LogP contribution is 2.40. The summed E-state index contributed by atoms with van der Waals surface area (Å²) < 4.78 is 40.4. The van der Waals surface area contributed by atoms with Gasteiger partial charge in [-0.1, -0.05) is 48.5 Å². The highest BCUT2D eigenvalue weighted by molar-refractivity contribution is 7.78.